The Morgan fingerprint density at radius 3 is 2.82 bits per heavy atom. The number of halogens is 1. The van der Waals surface area contributed by atoms with Crippen molar-refractivity contribution in [2.45, 2.75) is 6.54 Å². The molecule has 1 aliphatic rings. The molecular weight excluding hydrogens is 242 g/mol. The maximum atomic E-state index is 10.4. The predicted molar refractivity (Wildman–Crippen MR) is 64.9 cm³/mol. The Bertz CT molecular complexity index is 445. The lowest BCUT2D eigenvalue weighted by atomic mass is 10.2. The minimum atomic E-state index is -0.442. The van der Waals surface area contributed by atoms with Gasteiger partial charge in [0.2, 0.25) is 0 Å². The Morgan fingerprint density at radius 1 is 1.47 bits per heavy atom. The van der Waals surface area contributed by atoms with Gasteiger partial charge in [-0.2, -0.15) is 0 Å². The van der Waals surface area contributed by atoms with E-state index in [1.165, 1.54) is 0 Å². The van der Waals surface area contributed by atoms with E-state index in [9.17, 15) is 10.1 Å². The zero-order valence-corrected chi connectivity index (χ0v) is 9.85. The molecule has 1 fully saturated rings. The molecule has 1 N–H and O–H groups in total. The second-order valence-electron chi connectivity index (χ2n) is 3.77. The van der Waals surface area contributed by atoms with E-state index in [4.69, 9.17) is 11.6 Å². The Labute approximate surface area is 104 Å². The quantitative estimate of drug-likeness (QED) is 0.659. The van der Waals surface area contributed by atoms with Gasteiger partial charge in [0, 0.05) is 24.7 Å². The third-order valence-electron chi connectivity index (χ3n) is 2.54. The summed E-state index contributed by atoms with van der Waals surface area (Å²) in [5.41, 5.74) is 1.08. The van der Waals surface area contributed by atoms with Gasteiger partial charge in [-0.1, -0.05) is 23.7 Å². The van der Waals surface area contributed by atoms with E-state index in [0.29, 0.717) is 17.4 Å². The molecule has 6 heteroatoms. The van der Waals surface area contributed by atoms with E-state index in [1.807, 2.05) is 29.2 Å². The van der Waals surface area contributed by atoms with Crippen molar-refractivity contribution in [3.8, 4) is 0 Å². The van der Waals surface area contributed by atoms with Gasteiger partial charge in [0.25, 0.3) is 6.20 Å². The molecule has 0 aliphatic carbocycles. The number of nitrogens with zero attached hydrogens (tertiary/aromatic N) is 2. The lowest BCUT2D eigenvalue weighted by Gasteiger charge is -2.16. The van der Waals surface area contributed by atoms with Crippen LogP contribution in [0.4, 0.5) is 0 Å². The number of hydrogen-bond donors (Lipinski definition) is 1. The molecular formula is C11H12ClN3O2. The van der Waals surface area contributed by atoms with Crippen LogP contribution >= 0.6 is 11.6 Å². The van der Waals surface area contributed by atoms with E-state index in [0.717, 1.165) is 24.9 Å². The minimum absolute atomic E-state index is 0.442. The van der Waals surface area contributed by atoms with Gasteiger partial charge in [0.05, 0.1) is 4.92 Å². The van der Waals surface area contributed by atoms with Gasteiger partial charge in [-0.05, 0) is 17.7 Å². The maximum Gasteiger partial charge on any atom is 0.274 e. The van der Waals surface area contributed by atoms with Crippen LogP contribution in [-0.2, 0) is 6.54 Å². The Balaban J connectivity index is 2.07. The lowest BCUT2D eigenvalue weighted by molar-refractivity contribution is -0.404. The van der Waals surface area contributed by atoms with E-state index in [-0.39, 0.29) is 0 Å². The van der Waals surface area contributed by atoms with Gasteiger partial charge in [0.15, 0.2) is 5.82 Å². The third-order valence-corrected chi connectivity index (χ3v) is 2.79. The first-order valence-corrected chi connectivity index (χ1v) is 5.61. The van der Waals surface area contributed by atoms with Crippen LogP contribution in [0.15, 0.2) is 36.3 Å². The van der Waals surface area contributed by atoms with E-state index < -0.39 is 4.92 Å². The van der Waals surface area contributed by atoms with Crippen molar-refractivity contribution in [3.05, 3.63) is 57.0 Å². The monoisotopic (exact) mass is 253 g/mol. The standard InChI is InChI=1S/C11H12ClN3O2/c12-10-3-1-9(2-4-10)7-14-6-5-13-11(14)8-15(16)17/h1-4,8,13H,5-7H2/b11-8-. The van der Waals surface area contributed by atoms with Crippen LogP contribution in [0.25, 0.3) is 0 Å². The van der Waals surface area contributed by atoms with Crippen LogP contribution in [-0.4, -0.2) is 22.9 Å². The molecule has 90 valence electrons. The van der Waals surface area contributed by atoms with Crippen molar-refractivity contribution in [3.63, 3.8) is 0 Å². The number of benzene rings is 1. The molecule has 0 bridgehead atoms. The second kappa shape index (κ2) is 5.05. The smallest absolute Gasteiger partial charge is 0.274 e. The summed E-state index contributed by atoms with van der Waals surface area (Å²) in [5, 5.41) is 14.1. The molecule has 0 unspecified atom stereocenters. The van der Waals surface area contributed by atoms with Crippen molar-refractivity contribution >= 4 is 11.6 Å². The topological polar surface area (TPSA) is 58.4 Å². The highest BCUT2D eigenvalue weighted by atomic mass is 35.5. The van der Waals surface area contributed by atoms with Gasteiger partial charge in [-0.3, -0.25) is 10.1 Å². The zero-order valence-electron chi connectivity index (χ0n) is 9.10. The van der Waals surface area contributed by atoms with Crippen LogP contribution in [0.5, 0.6) is 0 Å². The summed E-state index contributed by atoms with van der Waals surface area (Å²) in [5.74, 6) is 0.560. The fraction of sp³-hybridized carbons (Fsp3) is 0.273. The summed E-state index contributed by atoms with van der Waals surface area (Å²) in [6.07, 6.45) is 1.00. The van der Waals surface area contributed by atoms with E-state index >= 15 is 0 Å². The highest BCUT2D eigenvalue weighted by Crippen LogP contribution is 2.15. The molecule has 1 aromatic rings. The first-order chi connectivity index (χ1) is 8.15. The van der Waals surface area contributed by atoms with Crippen molar-refractivity contribution < 1.29 is 4.92 Å². The molecule has 17 heavy (non-hydrogen) atoms. The fourth-order valence-corrected chi connectivity index (χ4v) is 1.88. The maximum absolute atomic E-state index is 10.4. The predicted octanol–water partition coefficient (Wildman–Crippen LogP) is 1.82. The van der Waals surface area contributed by atoms with Gasteiger partial charge < -0.3 is 10.2 Å². The average molecular weight is 254 g/mol. The molecule has 5 nitrogen and oxygen atoms in total. The number of rotatable bonds is 3. The summed E-state index contributed by atoms with van der Waals surface area (Å²) in [6.45, 7) is 2.14. The third kappa shape index (κ3) is 3.10. The van der Waals surface area contributed by atoms with Gasteiger partial charge >= 0.3 is 0 Å². The summed E-state index contributed by atoms with van der Waals surface area (Å²) in [4.78, 5) is 11.9. The Morgan fingerprint density at radius 2 is 2.18 bits per heavy atom. The SMILES string of the molecule is O=[N+]([O-])/C=C1/NCCN1Cc1ccc(Cl)cc1. The van der Waals surface area contributed by atoms with Crippen molar-refractivity contribution in [2.24, 2.45) is 0 Å². The minimum Gasteiger partial charge on any atom is -0.365 e. The second-order valence-corrected chi connectivity index (χ2v) is 4.21. The highest BCUT2D eigenvalue weighted by Gasteiger charge is 2.19. The van der Waals surface area contributed by atoms with E-state index in [2.05, 4.69) is 5.32 Å². The largest absolute Gasteiger partial charge is 0.365 e. The molecule has 0 saturated carbocycles. The first-order valence-electron chi connectivity index (χ1n) is 5.24. The molecule has 1 heterocycles. The summed E-state index contributed by atoms with van der Waals surface area (Å²) < 4.78 is 0. The van der Waals surface area contributed by atoms with Crippen molar-refractivity contribution in [1.82, 2.24) is 10.2 Å². The number of nitrogens with one attached hydrogen (secondary N) is 1. The van der Waals surface area contributed by atoms with Gasteiger partial charge in [0.1, 0.15) is 0 Å². The van der Waals surface area contributed by atoms with Crippen LogP contribution < -0.4 is 5.32 Å². The molecule has 0 radical (unpaired) electrons. The summed E-state index contributed by atoms with van der Waals surface area (Å²) >= 11 is 5.80. The van der Waals surface area contributed by atoms with Crippen molar-refractivity contribution in [2.75, 3.05) is 13.1 Å². The molecule has 0 amide bonds. The number of nitro groups is 1. The van der Waals surface area contributed by atoms with Crippen LogP contribution in [0.1, 0.15) is 5.56 Å². The Kier molecular flexibility index (Phi) is 3.49. The average Bonchev–Trinajstić information content (AvgIpc) is 2.68. The zero-order chi connectivity index (χ0) is 12.3. The van der Waals surface area contributed by atoms with Crippen molar-refractivity contribution in [1.29, 1.82) is 0 Å². The van der Waals surface area contributed by atoms with Crippen LogP contribution in [0, 0.1) is 10.1 Å². The molecule has 0 spiro atoms. The molecule has 0 aromatic heterocycles. The molecule has 1 aliphatic heterocycles. The highest BCUT2D eigenvalue weighted by molar-refractivity contribution is 6.30. The summed E-state index contributed by atoms with van der Waals surface area (Å²) in [7, 11) is 0. The summed E-state index contributed by atoms with van der Waals surface area (Å²) in [6, 6.07) is 7.48. The molecule has 1 aromatic carbocycles. The number of hydrogen-bond acceptors (Lipinski definition) is 4. The fourth-order valence-electron chi connectivity index (χ4n) is 1.75. The normalized spacial score (nSPS) is 17.2. The van der Waals surface area contributed by atoms with Gasteiger partial charge in [-0.15, -0.1) is 0 Å². The van der Waals surface area contributed by atoms with Crippen LogP contribution in [0.2, 0.25) is 5.02 Å². The van der Waals surface area contributed by atoms with Crippen LogP contribution in [0.3, 0.4) is 0 Å². The molecule has 2 rings (SSSR count). The van der Waals surface area contributed by atoms with Gasteiger partial charge in [-0.25, -0.2) is 0 Å². The van der Waals surface area contributed by atoms with E-state index in [1.54, 1.807) is 0 Å². The Hall–Kier alpha value is -1.75. The molecule has 0 atom stereocenters. The lowest BCUT2D eigenvalue weighted by Crippen LogP contribution is -2.20. The first kappa shape index (κ1) is 11.7. The molecule has 1 saturated heterocycles.